The first kappa shape index (κ1) is 13.4. The lowest BCUT2D eigenvalue weighted by molar-refractivity contribution is -0.384. The van der Waals surface area contributed by atoms with Crippen LogP contribution in [0.2, 0.25) is 0 Å². The third kappa shape index (κ3) is 5.31. The molecule has 1 aromatic carbocycles. The summed E-state index contributed by atoms with van der Waals surface area (Å²) in [7, 11) is 0. The number of unbranched alkanes of at least 4 members (excludes halogenated alkanes) is 3. The van der Waals surface area contributed by atoms with Gasteiger partial charge in [0.25, 0.3) is 5.69 Å². The summed E-state index contributed by atoms with van der Waals surface area (Å²) in [4.78, 5) is 10.0. The number of benzene rings is 1. The van der Waals surface area contributed by atoms with Gasteiger partial charge in [0.15, 0.2) is 0 Å². The monoisotopic (exact) mass is 238 g/mol. The van der Waals surface area contributed by atoms with Crippen LogP contribution in [0, 0.1) is 10.1 Å². The lowest BCUT2D eigenvalue weighted by Crippen LogP contribution is -2.01. The largest absolute Gasteiger partial charge is 0.396 e. The number of nitrogens with one attached hydrogen (secondary N) is 1. The van der Waals surface area contributed by atoms with Gasteiger partial charge in [0.05, 0.1) is 4.92 Å². The summed E-state index contributed by atoms with van der Waals surface area (Å²) in [5, 5.41) is 22.2. The summed E-state index contributed by atoms with van der Waals surface area (Å²) in [6, 6.07) is 6.42. The van der Waals surface area contributed by atoms with Crippen molar-refractivity contribution in [1.29, 1.82) is 0 Å². The highest BCUT2D eigenvalue weighted by molar-refractivity contribution is 5.48. The van der Waals surface area contributed by atoms with E-state index in [0.29, 0.717) is 0 Å². The van der Waals surface area contributed by atoms with Gasteiger partial charge in [-0.05, 0) is 25.0 Å². The Hall–Kier alpha value is -1.62. The average molecular weight is 238 g/mol. The second kappa shape index (κ2) is 7.62. The minimum Gasteiger partial charge on any atom is -0.396 e. The summed E-state index contributed by atoms with van der Waals surface area (Å²) >= 11 is 0. The van der Waals surface area contributed by atoms with Crippen molar-refractivity contribution >= 4 is 11.4 Å². The number of hydrogen-bond donors (Lipinski definition) is 2. The maximum absolute atomic E-state index is 10.4. The first-order valence-electron chi connectivity index (χ1n) is 5.83. The molecular formula is C12H18N2O3. The van der Waals surface area contributed by atoms with Crippen LogP contribution in [-0.4, -0.2) is 23.2 Å². The maximum atomic E-state index is 10.4. The fourth-order valence-electron chi connectivity index (χ4n) is 1.52. The van der Waals surface area contributed by atoms with Crippen molar-refractivity contribution < 1.29 is 10.0 Å². The molecule has 0 amide bonds. The molecule has 1 rings (SSSR count). The van der Waals surface area contributed by atoms with E-state index < -0.39 is 4.92 Å². The van der Waals surface area contributed by atoms with E-state index in [1.807, 2.05) is 0 Å². The fourth-order valence-corrected chi connectivity index (χ4v) is 1.52. The van der Waals surface area contributed by atoms with E-state index in [1.165, 1.54) is 12.1 Å². The van der Waals surface area contributed by atoms with Gasteiger partial charge in [-0.3, -0.25) is 10.1 Å². The van der Waals surface area contributed by atoms with Crippen LogP contribution in [-0.2, 0) is 0 Å². The molecule has 2 N–H and O–H groups in total. The van der Waals surface area contributed by atoms with Crippen molar-refractivity contribution in [1.82, 2.24) is 0 Å². The van der Waals surface area contributed by atoms with Crippen LogP contribution in [0.4, 0.5) is 11.4 Å². The first-order chi connectivity index (χ1) is 8.24. The Morgan fingerprint density at radius 3 is 2.35 bits per heavy atom. The van der Waals surface area contributed by atoms with E-state index in [1.54, 1.807) is 12.1 Å². The summed E-state index contributed by atoms with van der Waals surface area (Å²) in [5.41, 5.74) is 1.01. The van der Waals surface area contributed by atoms with Crippen molar-refractivity contribution in [3.63, 3.8) is 0 Å². The highest BCUT2D eigenvalue weighted by Crippen LogP contribution is 2.15. The molecule has 0 aliphatic rings. The molecule has 0 bridgehead atoms. The van der Waals surface area contributed by atoms with Crippen molar-refractivity contribution in [2.75, 3.05) is 18.5 Å². The molecule has 0 unspecified atom stereocenters. The van der Waals surface area contributed by atoms with Crippen LogP contribution in [0.25, 0.3) is 0 Å². The van der Waals surface area contributed by atoms with Crippen LogP contribution < -0.4 is 5.32 Å². The molecule has 0 aliphatic heterocycles. The van der Waals surface area contributed by atoms with Crippen LogP contribution in [0.1, 0.15) is 25.7 Å². The van der Waals surface area contributed by atoms with Gasteiger partial charge in [0.2, 0.25) is 0 Å². The minimum atomic E-state index is -0.404. The Balaban J connectivity index is 2.21. The van der Waals surface area contributed by atoms with E-state index in [2.05, 4.69) is 5.32 Å². The second-order valence-corrected chi connectivity index (χ2v) is 3.87. The summed E-state index contributed by atoms with van der Waals surface area (Å²) in [6.07, 6.45) is 4.02. The number of nitro groups is 1. The number of anilines is 1. The topological polar surface area (TPSA) is 75.4 Å². The molecule has 0 spiro atoms. The molecule has 0 aliphatic carbocycles. The van der Waals surface area contributed by atoms with Gasteiger partial charge in [-0.1, -0.05) is 12.8 Å². The molecule has 5 nitrogen and oxygen atoms in total. The molecule has 0 fully saturated rings. The summed E-state index contributed by atoms with van der Waals surface area (Å²) in [6.45, 7) is 1.11. The second-order valence-electron chi connectivity index (χ2n) is 3.87. The number of non-ortho nitro benzene ring substituents is 1. The third-order valence-electron chi connectivity index (χ3n) is 2.49. The predicted molar refractivity (Wildman–Crippen MR) is 67.1 cm³/mol. The van der Waals surface area contributed by atoms with Gasteiger partial charge in [-0.15, -0.1) is 0 Å². The molecule has 0 atom stereocenters. The molecule has 94 valence electrons. The number of hydrogen-bond acceptors (Lipinski definition) is 4. The predicted octanol–water partition coefficient (Wildman–Crippen LogP) is 2.56. The van der Waals surface area contributed by atoms with Gasteiger partial charge >= 0.3 is 0 Å². The number of nitrogens with zero attached hydrogens (tertiary/aromatic N) is 1. The van der Waals surface area contributed by atoms with Crippen LogP contribution in [0.15, 0.2) is 24.3 Å². The normalized spacial score (nSPS) is 10.2. The molecule has 5 heteroatoms. The van der Waals surface area contributed by atoms with E-state index in [-0.39, 0.29) is 12.3 Å². The lowest BCUT2D eigenvalue weighted by atomic mass is 10.2. The van der Waals surface area contributed by atoms with E-state index in [9.17, 15) is 10.1 Å². The van der Waals surface area contributed by atoms with E-state index in [4.69, 9.17) is 5.11 Å². The van der Waals surface area contributed by atoms with Gasteiger partial charge < -0.3 is 10.4 Å². The SMILES string of the molecule is O=[N+]([O-])c1ccc(NCCCCCCO)cc1. The zero-order valence-electron chi connectivity index (χ0n) is 9.76. The standard InChI is InChI=1S/C12H18N2O3/c15-10-4-2-1-3-9-13-11-5-7-12(8-6-11)14(16)17/h5-8,13,15H,1-4,9-10H2. The van der Waals surface area contributed by atoms with Gasteiger partial charge in [0, 0.05) is 31.0 Å². The fraction of sp³-hybridized carbons (Fsp3) is 0.500. The quantitative estimate of drug-likeness (QED) is 0.414. The van der Waals surface area contributed by atoms with Gasteiger partial charge in [-0.25, -0.2) is 0 Å². The molecule has 0 saturated heterocycles. The van der Waals surface area contributed by atoms with Crippen molar-refractivity contribution in [3.8, 4) is 0 Å². The smallest absolute Gasteiger partial charge is 0.269 e. The highest BCUT2D eigenvalue weighted by atomic mass is 16.6. The Morgan fingerprint density at radius 2 is 1.76 bits per heavy atom. The van der Waals surface area contributed by atoms with E-state index in [0.717, 1.165) is 37.9 Å². The molecular weight excluding hydrogens is 220 g/mol. The zero-order chi connectivity index (χ0) is 12.5. The molecule has 1 aromatic rings. The van der Waals surface area contributed by atoms with Gasteiger partial charge in [-0.2, -0.15) is 0 Å². The number of nitro benzene ring substituents is 1. The summed E-state index contributed by atoms with van der Waals surface area (Å²) in [5.74, 6) is 0. The van der Waals surface area contributed by atoms with Crippen LogP contribution >= 0.6 is 0 Å². The van der Waals surface area contributed by atoms with Crippen molar-refractivity contribution in [3.05, 3.63) is 34.4 Å². The van der Waals surface area contributed by atoms with Crippen LogP contribution in [0.5, 0.6) is 0 Å². The number of aliphatic hydroxyl groups excluding tert-OH is 1. The van der Waals surface area contributed by atoms with Crippen molar-refractivity contribution in [2.45, 2.75) is 25.7 Å². The van der Waals surface area contributed by atoms with Crippen LogP contribution in [0.3, 0.4) is 0 Å². The lowest BCUT2D eigenvalue weighted by Gasteiger charge is -2.05. The minimum absolute atomic E-state index is 0.110. The molecule has 0 heterocycles. The molecule has 0 radical (unpaired) electrons. The van der Waals surface area contributed by atoms with Gasteiger partial charge in [0.1, 0.15) is 0 Å². The highest BCUT2D eigenvalue weighted by Gasteiger charge is 2.02. The Labute approximate surface area is 101 Å². The van der Waals surface area contributed by atoms with Crippen molar-refractivity contribution in [2.24, 2.45) is 0 Å². The first-order valence-corrected chi connectivity index (χ1v) is 5.83. The Morgan fingerprint density at radius 1 is 1.12 bits per heavy atom. The third-order valence-corrected chi connectivity index (χ3v) is 2.49. The Bertz CT molecular complexity index is 338. The van der Waals surface area contributed by atoms with E-state index >= 15 is 0 Å². The molecule has 0 saturated carbocycles. The number of rotatable bonds is 8. The average Bonchev–Trinajstić information content (AvgIpc) is 2.34. The number of aliphatic hydroxyl groups is 1. The molecule has 17 heavy (non-hydrogen) atoms. The maximum Gasteiger partial charge on any atom is 0.269 e. The summed E-state index contributed by atoms with van der Waals surface area (Å²) < 4.78 is 0. The molecule has 0 aromatic heterocycles. The Kier molecular flexibility index (Phi) is 6.03. The zero-order valence-corrected chi connectivity index (χ0v) is 9.76.